The third-order valence-electron chi connectivity index (χ3n) is 3.51. The maximum Gasteiger partial charge on any atom is 0.224 e. The molecular weight excluding hydrogens is 296 g/mol. The zero-order valence-electron chi connectivity index (χ0n) is 13.2. The zero-order chi connectivity index (χ0) is 16.1. The lowest BCUT2D eigenvalue weighted by Gasteiger charge is -2.15. The average molecular weight is 318 g/mol. The van der Waals surface area contributed by atoms with Gasteiger partial charge in [-0.05, 0) is 18.4 Å². The van der Waals surface area contributed by atoms with Crippen LogP contribution in [0.4, 0.5) is 0 Å². The van der Waals surface area contributed by atoms with E-state index in [9.17, 15) is 9.90 Å². The van der Waals surface area contributed by atoms with Crippen molar-refractivity contribution in [2.24, 2.45) is 5.92 Å². The van der Waals surface area contributed by atoms with Crippen LogP contribution in [0.2, 0.25) is 0 Å². The van der Waals surface area contributed by atoms with Crippen molar-refractivity contribution in [3.05, 3.63) is 40.2 Å². The normalized spacial score (nSPS) is 12.4. The Kier molecular flexibility index (Phi) is 5.69. The molecule has 0 radical (unpaired) electrons. The molecule has 118 valence electrons. The number of thiazole rings is 1. The summed E-state index contributed by atoms with van der Waals surface area (Å²) in [6.07, 6.45) is -0.180. The van der Waals surface area contributed by atoms with Gasteiger partial charge < -0.3 is 10.4 Å². The number of hydrogen-bond acceptors (Lipinski definition) is 4. The first-order chi connectivity index (χ1) is 10.5. The molecule has 1 heterocycles. The van der Waals surface area contributed by atoms with E-state index in [-0.39, 0.29) is 11.8 Å². The van der Waals surface area contributed by atoms with Crippen molar-refractivity contribution in [3.8, 4) is 11.3 Å². The molecule has 0 spiro atoms. The van der Waals surface area contributed by atoms with Crippen LogP contribution in [-0.2, 0) is 11.2 Å². The molecule has 5 heteroatoms. The van der Waals surface area contributed by atoms with E-state index >= 15 is 0 Å². The van der Waals surface area contributed by atoms with Crippen LogP contribution >= 0.6 is 11.3 Å². The van der Waals surface area contributed by atoms with Crippen LogP contribution in [0, 0.1) is 12.8 Å². The number of benzene rings is 1. The maximum absolute atomic E-state index is 11.9. The lowest BCUT2D eigenvalue weighted by atomic mass is 10.1. The lowest BCUT2D eigenvalue weighted by Crippen LogP contribution is -2.35. The van der Waals surface area contributed by atoms with Gasteiger partial charge in [-0.3, -0.25) is 4.79 Å². The summed E-state index contributed by atoms with van der Waals surface area (Å²) in [6, 6.07) is 7.87. The summed E-state index contributed by atoms with van der Waals surface area (Å²) >= 11 is 1.63. The van der Waals surface area contributed by atoms with Crippen molar-refractivity contribution in [2.75, 3.05) is 6.54 Å². The van der Waals surface area contributed by atoms with Gasteiger partial charge in [0.2, 0.25) is 5.91 Å². The lowest BCUT2D eigenvalue weighted by molar-refractivity contribution is -0.121. The van der Waals surface area contributed by atoms with Crippen LogP contribution in [0.25, 0.3) is 11.3 Å². The smallest absolute Gasteiger partial charge is 0.224 e. The van der Waals surface area contributed by atoms with E-state index in [2.05, 4.69) is 10.3 Å². The van der Waals surface area contributed by atoms with Gasteiger partial charge in [0, 0.05) is 17.5 Å². The van der Waals surface area contributed by atoms with Crippen molar-refractivity contribution in [3.63, 3.8) is 0 Å². The van der Waals surface area contributed by atoms with Crippen LogP contribution in [-0.4, -0.2) is 28.6 Å². The van der Waals surface area contributed by atoms with E-state index in [1.807, 2.05) is 50.4 Å². The summed E-state index contributed by atoms with van der Waals surface area (Å²) in [5.41, 5.74) is 2.98. The molecule has 0 aliphatic heterocycles. The number of aromatic nitrogens is 1. The summed E-state index contributed by atoms with van der Waals surface area (Å²) in [4.78, 5) is 16.3. The number of aliphatic hydroxyl groups is 1. The topological polar surface area (TPSA) is 62.2 Å². The van der Waals surface area contributed by atoms with Crippen LogP contribution in [0.3, 0.4) is 0 Å². The monoisotopic (exact) mass is 318 g/mol. The van der Waals surface area contributed by atoms with Gasteiger partial charge >= 0.3 is 0 Å². The molecule has 0 fully saturated rings. The Hall–Kier alpha value is -1.72. The van der Waals surface area contributed by atoms with Crippen LogP contribution in [0.5, 0.6) is 0 Å². The Balaban J connectivity index is 1.90. The Morgan fingerprint density at radius 2 is 2.00 bits per heavy atom. The molecule has 1 unspecified atom stereocenters. The summed E-state index contributed by atoms with van der Waals surface area (Å²) in [7, 11) is 0. The SMILES string of the molecule is Cc1nc(-c2ccc(CC(=O)NCC(O)C(C)C)cc2)cs1. The number of aryl methyl sites for hydroxylation is 1. The molecule has 0 saturated carbocycles. The number of carbonyl (C=O) groups is 1. The fourth-order valence-corrected chi connectivity index (χ4v) is 2.61. The Morgan fingerprint density at radius 3 is 2.55 bits per heavy atom. The highest BCUT2D eigenvalue weighted by Crippen LogP contribution is 2.21. The van der Waals surface area contributed by atoms with E-state index in [0.29, 0.717) is 13.0 Å². The molecule has 1 aromatic carbocycles. The largest absolute Gasteiger partial charge is 0.391 e. The van der Waals surface area contributed by atoms with Crippen LogP contribution in [0.1, 0.15) is 24.4 Å². The average Bonchev–Trinajstić information content (AvgIpc) is 2.92. The molecule has 0 bridgehead atoms. The van der Waals surface area contributed by atoms with Gasteiger partial charge in [-0.1, -0.05) is 38.1 Å². The molecule has 22 heavy (non-hydrogen) atoms. The molecule has 1 aromatic heterocycles. The van der Waals surface area contributed by atoms with E-state index in [1.54, 1.807) is 11.3 Å². The fourth-order valence-electron chi connectivity index (χ4n) is 1.99. The van der Waals surface area contributed by atoms with Gasteiger partial charge in [0.25, 0.3) is 0 Å². The predicted molar refractivity (Wildman–Crippen MR) is 89.8 cm³/mol. The first kappa shape index (κ1) is 16.6. The fraction of sp³-hybridized carbons (Fsp3) is 0.412. The number of nitrogens with one attached hydrogen (secondary N) is 1. The van der Waals surface area contributed by atoms with Crippen LogP contribution < -0.4 is 5.32 Å². The molecule has 0 saturated heterocycles. The molecule has 1 atom stereocenters. The molecule has 2 N–H and O–H groups in total. The number of aliphatic hydroxyl groups excluding tert-OH is 1. The van der Waals surface area contributed by atoms with Gasteiger partial charge in [0.1, 0.15) is 0 Å². The van der Waals surface area contributed by atoms with Crippen molar-refractivity contribution in [1.29, 1.82) is 0 Å². The van der Waals surface area contributed by atoms with Crippen molar-refractivity contribution in [1.82, 2.24) is 10.3 Å². The molecule has 1 amide bonds. The minimum atomic E-state index is -0.501. The third kappa shape index (κ3) is 4.64. The third-order valence-corrected chi connectivity index (χ3v) is 4.28. The zero-order valence-corrected chi connectivity index (χ0v) is 14.0. The van der Waals surface area contributed by atoms with E-state index < -0.39 is 6.10 Å². The number of carbonyl (C=O) groups excluding carboxylic acids is 1. The molecule has 4 nitrogen and oxygen atoms in total. The minimum Gasteiger partial charge on any atom is -0.391 e. The molecule has 2 rings (SSSR count). The standard InChI is InChI=1S/C17H22N2O2S/c1-11(2)16(20)9-18-17(21)8-13-4-6-14(7-5-13)15-10-22-12(3)19-15/h4-7,10-11,16,20H,8-9H2,1-3H3,(H,18,21). The van der Waals surface area contributed by atoms with E-state index in [4.69, 9.17) is 0 Å². The Bertz CT molecular complexity index is 620. The quantitative estimate of drug-likeness (QED) is 0.861. The summed E-state index contributed by atoms with van der Waals surface area (Å²) in [6.45, 7) is 6.14. The minimum absolute atomic E-state index is 0.0723. The van der Waals surface area contributed by atoms with Gasteiger partial charge in [-0.2, -0.15) is 0 Å². The second-order valence-corrected chi connectivity index (χ2v) is 6.80. The highest BCUT2D eigenvalue weighted by atomic mass is 32.1. The van der Waals surface area contributed by atoms with Crippen molar-refractivity contribution in [2.45, 2.75) is 33.3 Å². The second kappa shape index (κ2) is 7.51. The number of nitrogens with zero attached hydrogens (tertiary/aromatic N) is 1. The number of rotatable bonds is 6. The maximum atomic E-state index is 11.9. The molecule has 0 aliphatic rings. The highest BCUT2D eigenvalue weighted by Gasteiger charge is 2.11. The summed E-state index contributed by atoms with van der Waals surface area (Å²) in [5.74, 6) is 0.0677. The second-order valence-electron chi connectivity index (χ2n) is 5.74. The number of hydrogen-bond donors (Lipinski definition) is 2. The van der Waals surface area contributed by atoms with Crippen LogP contribution in [0.15, 0.2) is 29.6 Å². The predicted octanol–water partition coefficient (Wildman–Crippen LogP) is 2.79. The van der Waals surface area contributed by atoms with Crippen molar-refractivity contribution < 1.29 is 9.90 Å². The highest BCUT2D eigenvalue weighted by molar-refractivity contribution is 7.09. The van der Waals surface area contributed by atoms with E-state index in [0.717, 1.165) is 21.8 Å². The van der Waals surface area contributed by atoms with Crippen molar-refractivity contribution >= 4 is 17.2 Å². The Morgan fingerprint density at radius 1 is 1.32 bits per heavy atom. The summed E-state index contributed by atoms with van der Waals surface area (Å²) < 4.78 is 0. The Labute approximate surface area is 135 Å². The van der Waals surface area contributed by atoms with Gasteiger partial charge in [0.05, 0.1) is 23.2 Å². The van der Waals surface area contributed by atoms with Gasteiger partial charge in [-0.15, -0.1) is 11.3 Å². The first-order valence-electron chi connectivity index (χ1n) is 7.42. The number of amides is 1. The molecular formula is C17H22N2O2S. The van der Waals surface area contributed by atoms with E-state index in [1.165, 1.54) is 0 Å². The molecule has 2 aromatic rings. The first-order valence-corrected chi connectivity index (χ1v) is 8.30. The molecule has 0 aliphatic carbocycles. The van der Waals surface area contributed by atoms with Gasteiger partial charge in [-0.25, -0.2) is 4.98 Å². The van der Waals surface area contributed by atoms with Gasteiger partial charge in [0.15, 0.2) is 0 Å². The summed E-state index contributed by atoms with van der Waals surface area (Å²) in [5, 5.41) is 15.5.